The van der Waals surface area contributed by atoms with Crippen molar-refractivity contribution in [3.05, 3.63) is 60.8 Å². The van der Waals surface area contributed by atoms with Gasteiger partial charge in [-0.1, -0.05) is 13.0 Å². The number of piperazine rings is 1. The number of rotatable bonds is 4. The highest BCUT2D eigenvalue weighted by atomic mass is 16.2. The zero-order valence-corrected chi connectivity index (χ0v) is 15.8. The molecule has 1 aliphatic rings. The smallest absolute Gasteiger partial charge is 0.321 e. The minimum Gasteiger partial charge on any atom is -0.353 e. The number of nitrogens with zero attached hydrogens (tertiary/aromatic N) is 6. The van der Waals surface area contributed by atoms with E-state index in [-0.39, 0.29) is 6.03 Å². The molecule has 1 aliphatic heterocycles. The summed E-state index contributed by atoms with van der Waals surface area (Å²) in [5.41, 5.74) is 2.69. The van der Waals surface area contributed by atoms with Crippen molar-refractivity contribution < 1.29 is 4.79 Å². The second-order valence-electron chi connectivity index (χ2n) is 6.63. The van der Waals surface area contributed by atoms with Crippen LogP contribution in [0.2, 0.25) is 0 Å². The number of carbonyl (C=O) groups is 1. The van der Waals surface area contributed by atoms with Crippen LogP contribution in [0.5, 0.6) is 0 Å². The Balaban J connectivity index is 1.36. The molecule has 1 aromatic carbocycles. The predicted octanol–water partition coefficient (Wildman–Crippen LogP) is 2.58. The molecule has 0 bridgehead atoms. The van der Waals surface area contributed by atoms with Crippen LogP contribution in [0.4, 0.5) is 16.3 Å². The standard InChI is InChI=1S/C20H23N7O/c1-2-16-14-19(22-15-21-16)25-9-11-26(12-10-25)20(28)24-17-5-3-6-18(13-17)27-8-4-7-23-27/h3-8,13-15H,2,9-12H2,1H3,(H,24,28). The van der Waals surface area contributed by atoms with E-state index in [4.69, 9.17) is 0 Å². The molecule has 3 aromatic rings. The van der Waals surface area contributed by atoms with Crippen molar-refractivity contribution in [3.8, 4) is 5.69 Å². The first-order chi connectivity index (χ1) is 13.7. The highest BCUT2D eigenvalue weighted by Crippen LogP contribution is 2.17. The molecule has 144 valence electrons. The monoisotopic (exact) mass is 377 g/mol. The second kappa shape index (κ2) is 8.08. The zero-order chi connectivity index (χ0) is 19.3. The minimum absolute atomic E-state index is 0.0887. The molecule has 0 aliphatic carbocycles. The minimum atomic E-state index is -0.0887. The summed E-state index contributed by atoms with van der Waals surface area (Å²) in [6.45, 7) is 4.88. The van der Waals surface area contributed by atoms with Gasteiger partial charge in [-0.3, -0.25) is 0 Å². The first kappa shape index (κ1) is 18.0. The number of hydrogen-bond acceptors (Lipinski definition) is 5. The molecule has 2 amide bonds. The highest BCUT2D eigenvalue weighted by molar-refractivity contribution is 5.89. The van der Waals surface area contributed by atoms with Gasteiger partial charge in [0, 0.05) is 56.0 Å². The van der Waals surface area contributed by atoms with Crippen molar-refractivity contribution in [1.82, 2.24) is 24.6 Å². The first-order valence-electron chi connectivity index (χ1n) is 9.45. The number of urea groups is 1. The quantitative estimate of drug-likeness (QED) is 0.756. The third-order valence-electron chi connectivity index (χ3n) is 4.83. The summed E-state index contributed by atoms with van der Waals surface area (Å²) < 4.78 is 1.76. The molecule has 0 unspecified atom stereocenters. The van der Waals surface area contributed by atoms with E-state index in [9.17, 15) is 4.79 Å². The van der Waals surface area contributed by atoms with E-state index in [0.29, 0.717) is 13.1 Å². The SMILES string of the molecule is CCc1cc(N2CCN(C(=O)Nc3cccc(-n4cccn4)c3)CC2)ncn1. The molecule has 2 aromatic heterocycles. The van der Waals surface area contributed by atoms with Crippen LogP contribution in [0.25, 0.3) is 5.69 Å². The number of carbonyl (C=O) groups excluding carboxylic acids is 1. The van der Waals surface area contributed by atoms with Gasteiger partial charge in [0.25, 0.3) is 0 Å². The van der Waals surface area contributed by atoms with E-state index < -0.39 is 0 Å². The average Bonchev–Trinajstić information content (AvgIpc) is 3.29. The van der Waals surface area contributed by atoms with Crippen molar-refractivity contribution in [2.24, 2.45) is 0 Å². The van der Waals surface area contributed by atoms with Crippen molar-refractivity contribution in [2.75, 3.05) is 36.4 Å². The molecule has 4 rings (SSSR count). The van der Waals surface area contributed by atoms with Gasteiger partial charge in [-0.05, 0) is 30.7 Å². The van der Waals surface area contributed by atoms with Crippen LogP contribution in [0.15, 0.2) is 55.1 Å². The Hall–Kier alpha value is -3.42. The van der Waals surface area contributed by atoms with Crippen LogP contribution in [-0.2, 0) is 6.42 Å². The molecule has 1 N–H and O–H groups in total. The molecule has 0 spiro atoms. The number of benzene rings is 1. The van der Waals surface area contributed by atoms with E-state index in [1.165, 1.54) is 0 Å². The van der Waals surface area contributed by atoms with Crippen LogP contribution < -0.4 is 10.2 Å². The predicted molar refractivity (Wildman–Crippen MR) is 108 cm³/mol. The number of amides is 2. The van der Waals surface area contributed by atoms with Gasteiger partial charge in [0.2, 0.25) is 0 Å². The molecule has 28 heavy (non-hydrogen) atoms. The third-order valence-corrected chi connectivity index (χ3v) is 4.83. The fraction of sp³-hybridized carbons (Fsp3) is 0.300. The Morgan fingerprint density at radius 1 is 1.11 bits per heavy atom. The Morgan fingerprint density at radius 3 is 2.71 bits per heavy atom. The van der Waals surface area contributed by atoms with Crippen molar-refractivity contribution in [1.29, 1.82) is 0 Å². The van der Waals surface area contributed by atoms with Crippen LogP contribution >= 0.6 is 0 Å². The molecular formula is C20H23N7O. The van der Waals surface area contributed by atoms with E-state index in [0.717, 1.165) is 42.4 Å². The number of anilines is 2. The molecule has 8 nitrogen and oxygen atoms in total. The highest BCUT2D eigenvalue weighted by Gasteiger charge is 2.22. The fourth-order valence-corrected chi connectivity index (χ4v) is 3.24. The molecule has 8 heteroatoms. The number of aryl methyl sites for hydroxylation is 1. The van der Waals surface area contributed by atoms with Gasteiger partial charge in [-0.25, -0.2) is 19.4 Å². The lowest BCUT2D eigenvalue weighted by atomic mass is 10.2. The number of hydrogen-bond donors (Lipinski definition) is 1. The Bertz CT molecular complexity index is 933. The normalized spacial score (nSPS) is 14.2. The topological polar surface area (TPSA) is 79.2 Å². The molecule has 0 saturated carbocycles. The second-order valence-corrected chi connectivity index (χ2v) is 6.63. The maximum atomic E-state index is 12.7. The van der Waals surface area contributed by atoms with Gasteiger partial charge < -0.3 is 15.1 Å². The Labute approximate surface area is 163 Å². The number of nitrogens with one attached hydrogen (secondary N) is 1. The summed E-state index contributed by atoms with van der Waals surface area (Å²) in [4.78, 5) is 25.3. The van der Waals surface area contributed by atoms with Crippen molar-refractivity contribution >= 4 is 17.5 Å². The third kappa shape index (κ3) is 3.95. The lowest BCUT2D eigenvalue weighted by Crippen LogP contribution is -2.50. The Kier molecular flexibility index (Phi) is 5.18. The van der Waals surface area contributed by atoms with Crippen molar-refractivity contribution in [3.63, 3.8) is 0 Å². The summed E-state index contributed by atoms with van der Waals surface area (Å²) in [7, 11) is 0. The van der Waals surface area contributed by atoms with E-state index in [1.54, 1.807) is 17.2 Å². The largest absolute Gasteiger partial charge is 0.353 e. The maximum Gasteiger partial charge on any atom is 0.321 e. The molecule has 3 heterocycles. The summed E-state index contributed by atoms with van der Waals surface area (Å²) in [6, 6.07) is 11.5. The van der Waals surface area contributed by atoms with Crippen LogP contribution in [0, 0.1) is 0 Å². The Morgan fingerprint density at radius 2 is 1.96 bits per heavy atom. The number of aromatic nitrogens is 4. The average molecular weight is 377 g/mol. The van der Waals surface area contributed by atoms with Gasteiger partial charge >= 0.3 is 6.03 Å². The lowest BCUT2D eigenvalue weighted by molar-refractivity contribution is 0.208. The van der Waals surface area contributed by atoms with Crippen molar-refractivity contribution in [2.45, 2.75) is 13.3 Å². The van der Waals surface area contributed by atoms with Gasteiger partial charge in [-0.15, -0.1) is 0 Å². The fourth-order valence-electron chi connectivity index (χ4n) is 3.24. The molecule has 0 radical (unpaired) electrons. The van der Waals surface area contributed by atoms with Gasteiger partial charge in [0.15, 0.2) is 0 Å². The maximum absolute atomic E-state index is 12.7. The lowest BCUT2D eigenvalue weighted by Gasteiger charge is -2.35. The van der Waals surface area contributed by atoms with E-state index in [1.807, 2.05) is 47.5 Å². The molecular weight excluding hydrogens is 354 g/mol. The first-order valence-corrected chi connectivity index (χ1v) is 9.45. The molecule has 1 saturated heterocycles. The zero-order valence-electron chi connectivity index (χ0n) is 15.8. The summed E-state index contributed by atoms with van der Waals surface area (Å²) in [5, 5.41) is 7.21. The van der Waals surface area contributed by atoms with E-state index in [2.05, 4.69) is 32.2 Å². The van der Waals surface area contributed by atoms with E-state index >= 15 is 0 Å². The van der Waals surface area contributed by atoms with Crippen LogP contribution in [0.3, 0.4) is 0 Å². The van der Waals surface area contributed by atoms with Gasteiger partial charge in [-0.2, -0.15) is 5.10 Å². The summed E-state index contributed by atoms with van der Waals surface area (Å²) in [6.07, 6.45) is 6.10. The van der Waals surface area contributed by atoms with Gasteiger partial charge in [0.1, 0.15) is 12.1 Å². The van der Waals surface area contributed by atoms with Gasteiger partial charge in [0.05, 0.1) is 5.69 Å². The van der Waals surface area contributed by atoms with Crippen LogP contribution in [0.1, 0.15) is 12.6 Å². The molecule has 0 atom stereocenters. The summed E-state index contributed by atoms with van der Waals surface area (Å²) >= 11 is 0. The van der Waals surface area contributed by atoms with Crippen LogP contribution in [-0.4, -0.2) is 56.9 Å². The summed E-state index contributed by atoms with van der Waals surface area (Å²) in [5.74, 6) is 0.929. The molecule has 1 fully saturated rings.